The molecule has 0 aliphatic carbocycles. The molecule has 0 atom stereocenters. The highest BCUT2D eigenvalue weighted by atomic mass is 35.5. The number of allylic oxidation sites excluding steroid dienone is 1. The highest BCUT2D eigenvalue weighted by Gasteiger charge is 2.13. The molecule has 3 aromatic carbocycles. The SMILES string of the molecule is CCn1c2ccccc2c2cc(/C=C/C(=O)c3cc(Cl)cc(Cl)c3O)ccc21. The van der Waals surface area contributed by atoms with Gasteiger partial charge in [0.2, 0.25) is 0 Å². The lowest BCUT2D eigenvalue weighted by Gasteiger charge is -2.04. The summed E-state index contributed by atoms with van der Waals surface area (Å²) in [6.45, 7) is 3.01. The number of hydrogen-bond donors (Lipinski definition) is 1. The second-order valence-electron chi connectivity index (χ2n) is 6.52. The largest absolute Gasteiger partial charge is 0.506 e. The molecule has 0 spiro atoms. The fourth-order valence-corrected chi connectivity index (χ4v) is 4.02. The van der Waals surface area contributed by atoms with Crippen molar-refractivity contribution >= 4 is 56.9 Å². The minimum Gasteiger partial charge on any atom is -0.506 e. The Bertz CT molecular complexity index is 1250. The van der Waals surface area contributed by atoms with Gasteiger partial charge in [-0.1, -0.05) is 53.5 Å². The van der Waals surface area contributed by atoms with Gasteiger partial charge in [0, 0.05) is 33.4 Å². The second-order valence-corrected chi connectivity index (χ2v) is 7.36. The molecule has 3 nitrogen and oxygen atoms in total. The number of phenols is 1. The Balaban J connectivity index is 1.74. The smallest absolute Gasteiger partial charge is 0.189 e. The first-order valence-electron chi connectivity index (χ1n) is 8.91. The number of fused-ring (bicyclic) bond motifs is 3. The summed E-state index contributed by atoms with van der Waals surface area (Å²) >= 11 is 11.9. The Hall–Kier alpha value is -2.75. The van der Waals surface area contributed by atoms with E-state index < -0.39 is 0 Å². The summed E-state index contributed by atoms with van der Waals surface area (Å²) in [6.07, 6.45) is 3.15. The number of ketones is 1. The third-order valence-corrected chi connectivity index (χ3v) is 5.34. The number of aromatic hydroxyl groups is 1. The van der Waals surface area contributed by atoms with Gasteiger partial charge in [-0.2, -0.15) is 0 Å². The van der Waals surface area contributed by atoms with Gasteiger partial charge in [-0.15, -0.1) is 0 Å². The number of aryl methyl sites for hydroxylation is 1. The number of aromatic nitrogens is 1. The van der Waals surface area contributed by atoms with Crippen molar-refractivity contribution in [2.45, 2.75) is 13.5 Å². The summed E-state index contributed by atoms with van der Waals surface area (Å²) < 4.78 is 2.27. The van der Waals surface area contributed by atoms with Crippen LogP contribution >= 0.6 is 23.2 Å². The zero-order chi connectivity index (χ0) is 19.8. The topological polar surface area (TPSA) is 42.2 Å². The van der Waals surface area contributed by atoms with Crippen LogP contribution in [-0.2, 0) is 6.54 Å². The van der Waals surface area contributed by atoms with E-state index in [1.165, 1.54) is 29.1 Å². The second kappa shape index (κ2) is 7.34. The van der Waals surface area contributed by atoms with Crippen LogP contribution in [0.1, 0.15) is 22.8 Å². The molecule has 1 N–H and O–H groups in total. The Labute approximate surface area is 172 Å². The van der Waals surface area contributed by atoms with Crippen LogP contribution in [0, 0.1) is 0 Å². The fraction of sp³-hybridized carbons (Fsp3) is 0.0870. The van der Waals surface area contributed by atoms with Crippen molar-refractivity contribution in [1.29, 1.82) is 0 Å². The fourth-order valence-electron chi connectivity index (χ4n) is 3.53. The molecule has 0 saturated heterocycles. The van der Waals surface area contributed by atoms with Crippen LogP contribution in [0.5, 0.6) is 5.75 Å². The predicted octanol–water partition coefficient (Wildman–Crippen LogP) is 6.72. The van der Waals surface area contributed by atoms with E-state index in [2.05, 4.69) is 35.8 Å². The summed E-state index contributed by atoms with van der Waals surface area (Å²) in [5.74, 6) is -0.625. The molecule has 0 unspecified atom stereocenters. The Morgan fingerprint density at radius 1 is 1.04 bits per heavy atom. The van der Waals surface area contributed by atoms with Gasteiger partial charge >= 0.3 is 0 Å². The molecule has 5 heteroatoms. The number of carbonyl (C=O) groups excluding carboxylic acids is 1. The first-order valence-corrected chi connectivity index (χ1v) is 9.66. The molecular formula is C23H17Cl2NO2. The van der Waals surface area contributed by atoms with Crippen molar-refractivity contribution in [1.82, 2.24) is 4.57 Å². The first kappa shape index (κ1) is 18.6. The number of carbonyl (C=O) groups is 1. The molecule has 0 saturated carbocycles. The first-order chi connectivity index (χ1) is 13.5. The maximum atomic E-state index is 12.5. The van der Waals surface area contributed by atoms with Gasteiger partial charge in [0.15, 0.2) is 5.78 Å². The quantitative estimate of drug-likeness (QED) is 0.300. The molecule has 140 valence electrons. The standard InChI is InChI=1S/C23H17Cl2NO2/c1-2-26-20-6-4-3-5-16(20)17-11-14(7-9-21(17)26)8-10-22(27)18-12-15(24)13-19(25)23(18)28/h3-13,28H,2H2,1H3/b10-8+. The van der Waals surface area contributed by atoms with Crippen molar-refractivity contribution in [3.8, 4) is 5.75 Å². The van der Waals surface area contributed by atoms with Crippen molar-refractivity contribution in [3.05, 3.63) is 81.8 Å². The van der Waals surface area contributed by atoms with Gasteiger partial charge in [-0.25, -0.2) is 0 Å². The Morgan fingerprint density at radius 2 is 1.79 bits per heavy atom. The molecule has 4 rings (SSSR count). The van der Waals surface area contributed by atoms with Crippen LogP contribution in [0.4, 0.5) is 0 Å². The van der Waals surface area contributed by atoms with Gasteiger partial charge in [-0.05, 0) is 48.9 Å². The normalized spacial score (nSPS) is 11.7. The zero-order valence-electron chi connectivity index (χ0n) is 15.1. The van der Waals surface area contributed by atoms with E-state index in [0.29, 0.717) is 5.02 Å². The number of benzene rings is 3. The van der Waals surface area contributed by atoms with E-state index in [0.717, 1.165) is 23.0 Å². The lowest BCUT2D eigenvalue weighted by molar-refractivity contribution is 0.104. The zero-order valence-corrected chi connectivity index (χ0v) is 16.6. The van der Waals surface area contributed by atoms with Gasteiger partial charge in [0.05, 0.1) is 10.6 Å². The lowest BCUT2D eigenvalue weighted by atomic mass is 10.1. The average Bonchev–Trinajstić information content (AvgIpc) is 3.02. The van der Waals surface area contributed by atoms with E-state index in [1.54, 1.807) is 6.08 Å². The molecule has 0 bridgehead atoms. The van der Waals surface area contributed by atoms with Crippen molar-refractivity contribution in [2.24, 2.45) is 0 Å². The molecule has 0 radical (unpaired) electrons. The van der Waals surface area contributed by atoms with Crippen LogP contribution < -0.4 is 0 Å². The van der Waals surface area contributed by atoms with E-state index in [1.807, 2.05) is 18.2 Å². The van der Waals surface area contributed by atoms with Gasteiger partial charge < -0.3 is 9.67 Å². The maximum Gasteiger partial charge on any atom is 0.189 e. The summed E-state index contributed by atoms with van der Waals surface area (Å²) in [6, 6.07) is 17.2. The highest BCUT2D eigenvalue weighted by molar-refractivity contribution is 6.36. The van der Waals surface area contributed by atoms with Gasteiger partial charge in [0.25, 0.3) is 0 Å². The van der Waals surface area contributed by atoms with Crippen LogP contribution in [0.25, 0.3) is 27.9 Å². The molecule has 0 aliphatic rings. The lowest BCUT2D eigenvalue weighted by Crippen LogP contribution is -1.95. The van der Waals surface area contributed by atoms with Crippen LogP contribution in [-0.4, -0.2) is 15.5 Å². The number of nitrogens with zero attached hydrogens (tertiary/aromatic N) is 1. The maximum absolute atomic E-state index is 12.5. The van der Waals surface area contributed by atoms with E-state index in [4.69, 9.17) is 23.2 Å². The molecular weight excluding hydrogens is 393 g/mol. The molecule has 0 aliphatic heterocycles. The van der Waals surface area contributed by atoms with Gasteiger partial charge in [-0.3, -0.25) is 4.79 Å². The van der Waals surface area contributed by atoms with E-state index in [9.17, 15) is 9.90 Å². The van der Waals surface area contributed by atoms with Crippen molar-refractivity contribution in [2.75, 3.05) is 0 Å². The minimum atomic E-state index is -0.363. The third kappa shape index (κ3) is 3.17. The summed E-state index contributed by atoms with van der Waals surface area (Å²) in [4.78, 5) is 12.5. The average molecular weight is 410 g/mol. The van der Waals surface area contributed by atoms with Crippen molar-refractivity contribution < 1.29 is 9.90 Å². The minimum absolute atomic E-state index is 0.0537. The number of rotatable bonds is 4. The third-order valence-electron chi connectivity index (χ3n) is 4.83. The molecule has 0 fully saturated rings. The number of hydrogen-bond acceptors (Lipinski definition) is 2. The van der Waals surface area contributed by atoms with E-state index >= 15 is 0 Å². The Kier molecular flexibility index (Phi) is 4.88. The van der Waals surface area contributed by atoms with Crippen LogP contribution in [0.15, 0.2) is 60.7 Å². The molecule has 4 aromatic rings. The highest BCUT2D eigenvalue weighted by Crippen LogP contribution is 2.32. The van der Waals surface area contributed by atoms with Crippen molar-refractivity contribution in [3.63, 3.8) is 0 Å². The van der Waals surface area contributed by atoms with E-state index in [-0.39, 0.29) is 22.1 Å². The molecule has 1 heterocycles. The molecule has 0 amide bonds. The number of phenolic OH excluding ortho intramolecular Hbond substituents is 1. The molecule has 1 aromatic heterocycles. The van der Waals surface area contributed by atoms with Crippen LogP contribution in [0.2, 0.25) is 10.0 Å². The summed E-state index contributed by atoms with van der Waals surface area (Å²) in [7, 11) is 0. The summed E-state index contributed by atoms with van der Waals surface area (Å²) in [5.41, 5.74) is 3.33. The monoisotopic (exact) mass is 409 g/mol. The number of para-hydroxylation sites is 1. The van der Waals surface area contributed by atoms with Crippen LogP contribution in [0.3, 0.4) is 0 Å². The van der Waals surface area contributed by atoms with Gasteiger partial charge in [0.1, 0.15) is 5.75 Å². The number of halogens is 2. The summed E-state index contributed by atoms with van der Waals surface area (Å²) in [5, 5.41) is 12.7. The molecule has 28 heavy (non-hydrogen) atoms. The predicted molar refractivity (Wildman–Crippen MR) is 117 cm³/mol. The Morgan fingerprint density at radius 3 is 2.57 bits per heavy atom.